The van der Waals surface area contributed by atoms with Crippen molar-refractivity contribution in [3.8, 4) is 35.5 Å². The second-order valence-corrected chi connectivity index (χ2v) is 4.16. The van der Waals surface area contributed by atoms with Gasteiger partial charge in [0, 0.05) is 17.0 Å². The van der Waals surface area contributed by atoms with Crippen molar-refractivity contribution in [3.05, 3.63) is 64.7 Å². The standard InChI is InChI=1S/C18H9F2NO/c1-22-15-7-4-13(5-8-15)6-9-16-17(19)11-14(3-2-10-21)12-18(16)20/h4-5,7-8,11-12H,1H3. The van der Waals surface area contributed by atoms with Crippen LogP contribution in [0.3, 0.4) is 0 Å². The largest absolute Gasteiger partial charge is 0.497 e. The third-order valence-electron chi connectivity index (χ3n) is 2.73. The highest BCUT2D eigenvalue weighted by atomic mass is 19.1. The summed E-state index contributed by atoms with van der Waals surface area (Å²) in [6.45, 7) is 0. The minimum atomic E-state index is -0.816. The lowest BCUT2D eigenvalue weighted by atomic mass is 10.1. The lowest BCUT2D eigenvalue weighted by molar-refractivity contribution is 0.415. The van der Waals surface area contributed by atoms with Crippen molar-refractivity contribution in [1.29, 1.82) is 5.26 Å². The quantitative estimate of drug-likeness (QED) is 0.756. The van der Waals surface area contributed by atoms with E-state index < -0.39 is 11.6 Å². The number of nitrogens with zero attached hydrogens (tertiary/aromatic N) is 1. The Morgan fingerprint density at radius 1 is 0.909 bits per heavy atom. The zero-order valence-electron chi connectivity index (χ0n) is 11.6. The second kappa shape index (κ2) is 6.93. The molecule has 106 valence electrons. The lowest BCUT2D eigenvalue weighted by Crippen LogP contribution is -1.92. The van der Waals surface area contributed by atoms with E-state index in [1.54, 1.807) is 37.4 Å². The molecule has 4 heteroatoms. The van der Waals surface area contributed by atoms with Crippen molar-refractivity contribution < 1.29 is 13.5 Å². The molecule has 0 bridgehead atoms. The van der Waals surface area contributed by atoms with Crippen LogP contribution >= 0.6 is 0 Å². The summed E-state index contributed by atoms with van der Waals surface area (Å²) in [5.41, 5.74) is 0.359. The van der Waals surface area contributed by atoms with Crippen LogP contribution in [0.1, 0.15) is 16.7 Å². The van der Waals surface area contributed by atoms with E-state index in [9.17, 15) is 8.78 Å². The van der Waals surface area contributed by atoms with Gasteiger partial charge in [-0.15, -0.1) is 0 Å². The van der Waals surface area contributed by atoms with E-state index in [0.717, 1.165) is 12.1 Å². The molecule has 2 aromatic rings. The molecule has 0 amide bonds. The molecule has 2 nitrogen and oxygen atoms in total. The Labute approximate surface area is 127 Å². The van der Waals surface area contributed by atoms with Crippen molar-refractivity contribution in [1.82, 2.24) is 0 Å². The van der Waals surface area contributed by atoms with Crippen LogP contribution in [0, 0.1) is 46.6 Å². The van der Waals surface area contributed by atoms with Gasteiger partial charge >= 0.3 is 0 Å². The fourth-order valence-corrected chi connectivity index (χ4v) is 1.67. The highest BCUT2D eigenvalue weighted by Crippen LogP contribution is 2.15. The summed E-state index contributed by atoms with van der Waals surface area (Å²) in [6.07, 6.45) is 0. The molecule has 0 aliphatic heterocycles. The SMILES string of the molecule is COc1ccc(C#Cc2c(F)cc(C#CC#N)cc2F)cc1. The average Bonchev–Trinajstić information content (AvgIpc) is 2.52. The Kier molecular flexibility index (Phi) is 4.76. The predicted molar refractivity (Wildman–Crippen MR) is 77.8 cm³/mol. The van der Waals surface area contributed by atoms with Crippen molar-refractivity contribution in [3.63, 3.8) is 0 Å². The van der Waals surface area contributed by atoms with Gasteiger partial charge < -0.3 is 4.74 Å². The van der Waals surface area contributed by atoms with E-state index >= 15 is 0 Å². The summed E-state index contributed by atoms with van der Waals surface area (Å²) in [7, 11) is 1.54. The molecule has 0 saturated carbocycles. The Balaban J connectivity index is 2.34. The average molecular weight is 293 g/mol. The minimum Gasteiger partial charge on any atom is -0.497 e. The van der Waals surface area contributed by atoms with Crippen molar-refractivity contribution in [2.24, 2.45) is 0 Å². The number of halogens is 2. The highest BCUT2D eigenvalue weighted by molar-refractivity contribution is 5.48. The molecular formula is C18H9F2NO. The third-order valence-corrected chi connectivity index (χ3v) is 2.73. The number of nitriles is 1. The fourth-order valence-electron chi connectivity index (χ4n) is 1.67. The fraction of sp³-hybridized carbons (Fsp3) is 0.0556. The molecule has 0 saturated heterocycles. The first kappa shape index (κ1) is 15.1. The van der Waals surface area contributed by atoms with Gasteiger partial charge in [-0.25, -0.2) is 8.78 Å². The maximum atomic E-state index is 13.8. The summed E-state index contributed by atoms with van der Waals surface area (Å²) in [6, 6.07) is 10.5. The molecule has 2 rings (SSSR count). The molecule has 0 fully saturated rings. The Morgan fingerprint density at radius 3 is 2.09 bits per heavy atom. The van der Waals surface area contributed by atoms with Crippen LogP contribution in [0.4, 0.5) is 8.78 Å². The van der Waals surface area contributed by atoms with Gasteiger partial charge in [0.05, 0.1) is 12.7 Å². The summed E-state index contributed by atoms with van der Waals surface area (Å²) in [5.74, 6) is 8.60. The summed E-state index contributed by atoms with van der Waals surface area (Å²) in [4.78, 5) is 0. The van der Waals surface area contributed by atoms with E-state index in [-0.39, 0.29) is 11.1 Å². The highest BCUT2D eigenvalue weighted by Gasteiger charge is 2.08. The summed E-state index contributed by atoms with van der Waals surface area (Å²) >= 11 is 0. The molecule has 0 heterocycles. The van der Waals surface area contributed by atoms with Gasteiger partial charge in [-0.3, -0.25) is 0 Å². The smallest absolute Gasteiger partial charge is 0.152 e. The van der Waals surface area contributed by atoms with E-state index in [2.05, 4.69) is 23.7 Å². The van der Waals surface area contributed by atoms with Gasteiger partial charge in [-0.05, 0) is 36.4 Å². The number of hydrogen-bond acceptors (Lipinski definition) is 2. The molecule has 2 aromatic carbocycles. The Bertz CT molecular complexity index is 833. The first-order valence-corrected chi connectivity index (χ1v) is 6.19. The van der Waals surface area contributed by atoms with Gasteiger partial charge in [0.2, 0.25) is 0 Å². The van der Waals surface area contributed by atoms with E-state index in [1.807, 2.05) is 0 Å². The van der Waals surface area contributed by atoms with E-state index in [0.29, 0.717) is 11.3 Å². The summed E-state index contributed by atoms with van der Waals surface area (Å²) in [5, 5.41) is 8.33. The lowest BCUT2D eigenvalue weighted by Gasteiger charge is -1.99. The Hall–Kier alpha value is -3.29. The molecule has 0 spiro atoms. The van der Waals surface area contributed by atoms with Crippen molar-refractivity contribution in [2.45, 2.75) is 0 Å². The van der Waals surface area contributed by atoms with Crippen LogP contribution in [0.15, 0.2) is 36.4 Å². The maximum absolute atomic E-state index is 13.8. The van der Waals surface area contributed by atoms with Crippen LogP contribution in [0.5, 0.6) is 5.75 Å². The molecule has 0 unspecified atom stereocenters. The first-order chi connectivity index (χ1) is 10.6. The van der Waals surface area contributed by atoms with Gasteiger partial charge in [0.1, 0.15) is 17.4 Å². The molecule has 0 radical (unpaired) electrons. The van der Waals surface area contributed by atoms with Crippen molar-refractivity contribution in [2.75, 3.05) is 7.11 Å². The van der Waals surface area contributed by atoms with E-state index in [1.165, 1.54) is 0 Å². The molecular weight excluding hydrogens is 284 g/mol. The summed E-state index contributed by atoms with van der Waals surface area (Å²) < 4.78 is 32.7. The van der Waals surface area contributed by atoms with Crippen LogP contribution in [-0.2, 0) is 0 Å². The van der Waals surface area contributed by atoms with Crippen LogP contribution in [0.2, 0.25) is 0 Å². The third kappa shape index (κ3) is 3.63. The molecule has 22 heavy (non-hydrogen) atoms. The Morgan fingerprint density at radius 2 is 1.55 bits per heavy atom. The second-order valence-electron chi connectivity index (χ2n) is 4.16. The molecule has 0 atom stereocenters. The molecule has 0 N–H and O–H groups in total. The van der Waals surface area contributed by atoms with Gasteiger partial charge in [0.25, 0.3) is 0 Å². The topological polar surface area (TPSA) is 33.0 Å². The van der Waals surface area contributed by atoms with Gasteiger partial charge in [0.15, 0.2) is 6.07 Å². The number of hydrogen-bond donors (Lipinski definition) is 0. The number of methoxy groups -OCH3 is 1. The molecule has 0 aliphatic rings. The number of rotatable bonds is 1. The molecule has 0 aliphatic carbocycles. The van der Waals surface area contributed by atoms with Crippen LogP contribution in [0.25, 0.3) is 0 Å². The normalized spacial score (nSPS) is 8.82. The van der Waals surface area contributed by atoms with Crippen molar-refractivity contribution >= 4 is 0 Å². The van der Waals surface area contributed by atoms with E-state index in [4.69, 9.17) is 10.00 Å². The first-order valence-electron chi connectivity index (χ1n) is 6.19. The zero-order valence-corrected chi connectivity index (χ0v) is 11.6. The monoisotopic (exact) mass is 293 g/mol. The predicted octanol–water partition coefficient (Wildman–Crippen LogP) is 3.25. The zero-order chi connectivity index (χ0) is 15.9. The van der Waals surface area contributed by atoms with Crippen LogP contribution < -0.4 is 4.74 Å². The van der Waals surface area contributed by atoms with Gasteiger partial charge in [-0.2, -0.15) is 5.26 Å². The van der Waals surface area contributed by atoms with Crippen LogP contribution in [-0.4, -0.2) is 7.11 Å². The van der Waals surface area contributed by atoms with Gasteiger partial charge in [-0.1, -0.05) is 17.8 Å². The number of ether oxygens (including phenoxy) is 1. The molecule has 0 aromatic heterocycles. The maximum Gasteiger partial charge on any atom is 0.152 e. The minimum absolute atomic E-state index is 0.0894. The number of benzene rings is 2.